The minimum atomic E-state index is -0.0164. The number of thioether (sulfide) groups is 1. The lowest BCUT2D eigenvalue weighted by atomic mass is 10.1. The summed E-state index contributed by atoms with van der Waals surface area (Å²) >= 11 is 1.65. The van der Waals surface area contributed by atoms with E-state index in [2.05, 4.69) is 22.9 Å². The third-order valence-electron chi connectivity index (χ3n) is 3.60. The number of nitrogens with zero attached hydrogens (tertiary/aromatic N) is 1. The molecule has 0 bridgehead atoms. The van der Waals surface area contributed by atoms with E-state index < -0.39 is 0 Å². The standard InChI is InChI=1S/C16H20N2OS/c1-11-5-8-14(20-4)9-15(11)16(19)17-10-13-7-6-12(2)18(13)3/h5-9H,10H2,1-4H3,(H,17,19). The van der Waals surface area contributed by atoms with Crippen molar-refractivity contribution in [2.75, 3.05) is 6.26 Å². The van der Waals surface area contributed by atoms with Crippen molar-refractivity contribution in [3.05, 3.63) is 52.8 Å². The highest BCUT2D eigenvalue weighted by Crippen LogP contribution is 2.19. The number of benzene rings is 1. The molecule has 2 rings (SSSR count). The number of hydrogen-bond donors (Lipinski definition) is 1. The Bertz CT molecular complexity index is 631. The van der Waals surface area contributed by atoms with E-state index in [-0.39, 0.29) is 5.91 Å². The van der Waals surface area contributed by atoms with Gasteiger partial charge in [0.25, 0.3) is 5.91 Å². The fraction of sp³-hybridized carbons (Fsp3) is 0.312. The lowest BCUT2D eigenvalue weighted by Gasteiger charge is -2.10. The van der Waals surface area contributed by atoms with Crippen LogP contribution in [0.2, 0.25) is 0 Å². The molecule has 106 valence electrons. The first-order valence-electron chi connectivity index (χ1n) is 6.57. The fourth-order valence-corrected chi connectivity index (χ4v) is 2.52. The summed E-state index contributed by atoms with van der Waals surface area (Å²) in [7, 11) is 2.01. The molecule has 0 aliphatic rings. The van der Waals surface area contributed by atoms with Gasteiger partial charge >= 0.3 is 0 Å². The molecule has 0 aliphatic heterocycles. The maximum absolute atomic E-state index is 12.3. The van der Waals surface area contributed by atoms with Crippen LogP contribution in [0.5, 0.6) is 0 Å². The predicted molar refractivity (Wildman–Crippen MR) is 84.3 cm³/mol. The molecule has 0 fully saturated rings. The van der Waals surface area contributed by atoms with Crippen LogP contribution in [0.3, 0.4) is 0 Å². The van der Waals surface area contributed by atoms with Crippen LogP contribution in [0.15, 0.2) is 35.2 Å². The number of nitrogens with one attached hydrogen (secondary N) is 1. The van der Waals surface area contributed by atoms with Crippen molar-refractivity contribution >= 4 is 17.7 Å². The largest absolute Gasteiger partial charge is 0.350 e. The molecule has 0 aliphatic carbocycles. The molecule has 4 heteroatoms. The molecule has 0 unspecified atom stereocenters. The van der Waals surface area contributed by atoms with Gasteiger partial charge in [-0.3, -0.25) is 4.79 Å². The summed E-state index contributed by atoms with van der Waals surface area (Å²) in [4.78, 5) is 13.4. The van der Waals surface area contributed by atoms with Gasteiger partial charge in [-0.2, -0.15) is 0 Å². The van der Waals surface area contributed by atoms with Crippen LogP contribution in [0.25, 0.3) is 0 Å². The van der Waals surface area contributed by atoms with Crippen LogP contribution in [0.4, 0.5) is 0 Å². The Morgan fingerprint density at radius 2 is 2.00 bits per heavy atom. The second kappa shape index (κ2) is 6.18. The monoisotopic (exact) mass is 288 g/mol. The number of aromatic nitrogens is 1. The molecule has 1 N–H and O–H groups in total. The minimum Gasteiger partial charge on any atom is -0.350 e. The SMILES string of the molecule is CSc1ccc(C)c(C(=O)NCc2ccc(C)n2C)c1. The number of aryl methyl sites for hydroxylation is 2. The Morgan fingerprint density at radius 3 is 2.60 bits per heavy atom. The highest BCUT2D eigenvalue weighted by molar-refractivity contribution is 7.98. The number of amides is 1. The van der Waals surface area contributed by atoms with E-state index in [1.807, 2.05) is 44.5 Å². The zero-order valence-corrected chi connectivity index (χ0v) is 13.2. The Labute approximate surface area is 124 Å². The molecule has 0 saturated carbocycles. The second-order valence-corrected chi connectivity index (χ2v) is 5.77. The zero-order valence-electron chi connectivity index (χ0n) is 12.4. The van der Waals surface area contributed by atoms with E-state index in [0.717, 1.165) is 21.7 Å². The molecule has 0 atom stereocenters. The molecule has 1 heterocycles. The smallest absolute Gasteiger partial charge is 0.251 e. The topological polar surface area (TPSA) is 34.0 Å². The van der Waals surface area contributed by atoms with Gasteiger partial charge in [0.1, 0.15) is 0 Å². The first-order chi connectivity index (χ1) is 9.52. The maximum atomic E-state index is 12.3. The highest BCUT2D eigenvalue weighted by atomic mass is 32.2. The molecule has 0 radical (unpaired) electrons. The summed E-state index contributed by atoms with van der Waals surface area (Å²) < 4.78 is 2.09. The van der Waals surface area contributed by atoms with Crippen molar-refractivity contribution in [1.29, 1.82) is 0 Å². The summed E-state index contributed by atoms with van der Waals surface area (Å²) in [5.74, 6) is -0.0164. The highest BCUT2D eigenvalue weighted by Gasteiger charge is 2.10. The quantitative estimate of drug-likeness (QED) is 0.876. The normalized spacial score (nSPS) is 10.6. The van der Waals surface area contributed by atoms with Crippen molar-refractivity contribution in [2.45, 2.75) is 25.3 Å². The van der Waals surface area contributed by atoms with Gasteiger partial charge in [0, 0.05) is 28.9 Å². The van der Waals surface area contributed by atoms with Gasteiger partial charge in [-0.25, -0.2) is 0 Å². The molecule has 1 aromatic carbocycles. The van der Waals surface area contributed by atoms with E-state index >= 15 is 0 Å². The zero-order chi connectivity index (χ0) is 14.7. The number of hydrogen-bond acceptors (Lipinski definition) is 2. The molecule has 2 aromatic rings. The van der Waals surface area contributed by atoms with Crippen molar-refractivity contribution in [1.82, 2.24) is 9.88 Å². The summed E-state index contributed by atoms with van der Waals surface area (Å²) in [5, 5.41) is 2.99. The molecule has 0 saturated heterocycles. The lowest BCUT2D eigenvalue weighted by molar-refractivity contribution is 0.0949. The molecule has 1 aromatic heterocycles. The van der Waals surface area contributed by atoms with Gasteiger partial charge in [-0.15, -0.1) is 11.8 Å². The molecule has 1 amide bonds. The first-order valence-corrected chi connectivity index (χ1v) is 7.79. The van der Waals surface area contributed by atoms with E-state index in [1.165, 1.54) is 5.69 Å². The summed E-state index contributed by atoms with van der Waals surface area (Å²) in [6.07, 6.45) is 2.01. The van der Waals surface area contributed by atoms with Crippen molar-refractivity contribution in [2.24, 2.45) is 7.05 Å². The fourth-order valence-electron chi connectivity index (χ4n) is 2.08. The Morgan fingerprint density at radius 1 is 1.25 bits per heavy atom. The van der Waals surface area contributed by atoms with Gasteiger partial charge in [-0.1, -0.05) is 6.07 Å². The Kier molecular flexibility index (Phi) is 4.55. The van der Waals surface area contributed by atoms with Crippen LogP contribution in [-0.2, 0) is 13.6 Å². The molecule has 0 spiro atoms. The molecular weight excluding hydrogens is 268 g/mol. The summed E-state index contributed by atoms with van der Waals surface area (Å²) in [5.41, 5.74) is 4.05. The third kappa shape index (κ3) is 3.07. The predicted octanol–water partition coefficient (Wildman–Crippen LogP) is 3.29. The molecule has 20 heavy (non-hydrogen) atoms. The van der Waals surface area contributed by atoms with Crippen molar-refractivity contribution < 1.29 is 4.79 Å². The Hall–Kier alpha value is -1.68. The second-order valence-electron chi connectivity index (χ2n) is 4.89. The van der Waals surface area contributed by atoms with Gasteiger partial charge < -0.3 is 9.88 Å². The summed E-state index contributed by atoms with van der Waals surface area (Å²) in [6.45, 7) is 4.56. The van der Waals surface area contributed by atoms with Gasteiger partial charge in [0.2, 0.25) is 0 Å². The van der Waals surface area contributed by atoms with E-state index in [1.54, 1.807) is 11.8 Å². The van der Waals surface area contributed by atoms with Crippen LogP contribution in [0, 0.1) is 13.8 Å². The average molecular weight is 288 g/mol. The van der Waals surface area contributed by atoms with E-state index in [4.69, 9.17) is 0 Å². The van der Waals surface area contributed by atoms with Crippen LogP contribution in [0.1, 0.15) is 27.3 Å². The molecular formula is C16H20N2OS. The number of carbonyl (C=O) groups excluding carboxylic acids is 1. The van der Waals surface area contributed by atoms with Crippen LogP contribution in [-0.4, -0.2) is 16.7 Å². The minimum absolute atomic E-state index is 0.0164. The average Bonchev–Trinajstić information content (AvgIpc) is 2.77. The van der Waals surface area contributed by atoms with Crippen LogP contribution >= 0.6 is 11.8 Å². The number of rotatable bonds is 4. The van der Waals surface area contributed by atoms with Gasteiger partial charge in [0.15, 0.2) is 0 Å². The van der Waals surface area contributed by atoms with Crippen molar-refractivity contribution in [3.8, 4) is 0 Å². The van der Waals surface area contributed by atoms with E-state index in [0.29, 0.717) is 6.54 Å². The van der Waals surface area contributed by atoms with Gasteiger partial charge in [0.05, 0.1) is 6.54 Å². The first kappa shape index (κ1) is 14.7. The summed E-state index contributed by atoms with van der Waals surface area (Å²) in [6, 6.07) is 10.1. The van der Waals surface area contributed by atoms with Gasteiger partial charge in [-0.05, 0) is 49.9 Å². The Balaban J connectivity index is 2.10. The number of carbonyl (C=O) groups is 1. The van der Waals surface area contributed by atoms with E-state index in [9.17, 15) is 4.79 Å². The third-order valence-corrected chi connectivity index (χ3v) is 4.32. The van der Waals surface area contributed by atoms with Crippen LogP contribution < -0.4 is 5.32 Å². The molecule has 3 nitrogen and oxygen atoms in total. The maximum Gasteiger partial charge on any atom is 0.251 e. The lowest BCUT2D eigenvalue weighted by Crippen LogP contribution is -2.24. The van der Waals surface area contributed by atoms with Crippen molar-refractivity contribution in [3.63, 3.8) is 0 Å².